The van der Waals surface area contributed by atoms with Crippen molar-refractivity contribution in [3.63, 3.8) is 0 Å². The zero-order valence-electron chi connectivity index (χ0n) is 14.0. The van der Waals surface area contributed by atoms with Crippen molar-refractivity contribution in [3.05, 3.63) is 65.7 Å². The summed E-state index contributed by atoms with van der Waals surface area (Å²) in [6.07, 6.45) is 0. The number of aliphatic imine (C=N–C) groups is 1. The van der Waals surface area contributed by atoms with Crippen LogP contribution in [0.2, 0.25) is 0 Å². The largest absolute Gasteiger partial charge is 0.206 e. The molecule has 0 N–H and O–H groups in total. The SMILES string of the molecule is CCSC(SCC)c1ccccc1N=C=C(C)c1ccccc1. The molecule has 0 spiro atoms. The van der Waals surface area contributed by atoms with Gasteiger partial charge in [-0.15, -0.1) is 23.5 Å². The molecule has 120 valence electrons. The van der Waals surface area contributed by atoms with Gasteiger partial charge in [-0.2, -0.15) is 0 Å². The average molecular weight is 342 g/mol. The Morgan fingerprint density at radius 3 is 2.22 bits per heavy atom. The van der Waals surface area contributed by atoms with Crippen LogP contribution in [0.25, 0.3) is 5.57 Å². The normalized spacial score (nSPS) is 10.4. The number of hydrogen-bond donors (Lipinski definition) is 0. The van der Waals surface area contributed by atoms with Crippen molar-refractivity contribution in [3.8, 4) is 0 Å². The minimum atomic E-state index is 0.434. The molecule has 0 aliphatic rings. The van der Waals surface area contributed by atoms with Crippen LogP contribution in [0.1, 0.15) is 36.5 Å². The topological polar surface area (TPSA) is 12.4 Å². The van der Waals surface area contributed by atoms with Crippen molar-refractivity contribution in [1.29, 1.82) is 0 Å². The van der Waals surface area contributed by atoms with Crippen LogP contribution >= 0.6 is 23.5 Å². The summed E-state index contributed by atoms with van der Waals surface area (Å²) in [5.74, 6) is 5.43. The molecule has 0 unspecified atom stereocenters. The van der Waals surface area contributed by atoms with Gasteiger partial charge in [-0.25, -0.2) is 4.99 Å². The molecule has 2 aromatic rings. The number of hydrogen-bond acceptors (Lipinski definition) is 3. The van der Waals surface area contributed by atoms with Gasteiger partial charge < -0.3 is 0 Å². The number of para-hydroxylation sites is 1. The van der Waals surface area contributed by atoms with Crippen LogP contribution in [0.5, 0.6) is 0 Å². The van der Waals surface area contributed by atoms with Crippen molar-refractivity contribution in [2.24, 2.45) is 4.99 Å². The molecule has 0 atom stereocenters. The maximum absolute atomic E-state index is 4.65. The Bertz CT molecular complexity index is 667. The van der Waals surface area contributed by atoms with E-state index in [-0.39, 0.29) is 0 Å². The summed E-state index contributed by atoms with van der Waals surface area (Å²) in [6.45, 7) is 6.47. The van der Waals surface area contributed by atoms with Gasteiger partial charge >= 0.3 is 0 Å². The van der Waals surface area contributed by atoms with Gasteiger partial charge in [0.2, 0.25) is 0 Å². The standard InChI is InChI=1S/C20H23NS2/c1-4-22-20(23-5-2)18-13-9-10-14-19(18)21-15-16(3)17-11-7-6-8-12-17/h6-14,20H,4-5H2,1-3H3. The van der Waals surface area contributed by atoms with Crippen LogP contribution in [0, 0.1) is 0 Å². The minimum absolute atomic E-state index is 0.434. The fraction of sp³-hybridized carbons (Fsp3) is 0.300. The van der Waals surface area contributed by atoms with Gasteiger partial charge in [0.15, 0.2) is 0 Å². The van der Waals surface area contributed by atoms with Gasteiger partial charge in [-0.05, 0) is 35.9 Å². The fourth-order valence-electron chi connectivity index (χ4n) is 2.22. The highest BCUT2D eigenvalue weighted by atomic mass is 32.2. The van der Waals surface area contributed by atoms with Crippen molar-refractivity contribution in [2.45, 2.75) is 25.4 Å². The Labute approximate surface area is 148 Å². The molecule has 0 fully saturated rings. The highest BCUT2D eigenvalue weighted by Crippen LogP contribution is 2.42. The van der Waals surface area contributed by atoms with E-state index in [1.165, 1.54) is 5.56 Å². The molecule has 0 bridgehead atoms. The third-order valence-corrected chi connectivity index (χ3v) is 5.97. The Morgan fingerprint density at radius 1 is 0.957 bits per heavy atom. The molecule has 0 amide bonds. The number of allylic oxidation sites excluding steroid dienone is 1. The molecule has 0 radical (unpaired) electrons. The zero-order chi connectivity index (χ0) is 16.5. The summed E-state index contributed by atoms with van der Waals surface area (Å²) in [7, 11) is 0. The van der Waals surface area contributed by atoms with Crippen LogP contribution in [0.4, 0.5) is 5.69 Å². The lowest BCUT2D eigenvalue weighted by Gasteiger charge is -2.16. The summed E-state index contributed by atoms with van der Waals surface area (Å²) in [4.78, 5) is 4.65. The molecule has 23 heavy (non-hydrogen) atoms. The van der Waals surface area contributed by atoms with Crippen LogP contribution in [0.15, 0.2) is 59.6 Å². The molecular weight excluding hydrogens is 318 g/mol. The van der Waals surface area contributed by atoms with Gasteiger partial charge in [0, 0.05) is 11.1 Å². The second kappa shape index (κ2) is 9.67. The lowest BCUT2D eigenvalue weighted by molar-refractivity contribution is 1.32. The summed E-state index contributed by atoms with van der Waals surface area (Å²) in [5.41, 5.74) is 4.54. The van der Waals surface area contributed by atoms with E-state index in [4.69, 9.17) is 0 Å². The van der Waals surface area contributed by atoms with E-state index in [1.54, 1.807) is 0 Å². The first-order valence-corrected chi connectivity index (χ1v) is 10.0. The zero-order valence-corrected chi connectivity index (χ0v) is 15.6. The van der Waals surface area contributed by atoms with E-state index in [0.717, 1.165) is 28.3 Å². The number of nitrogens with zero attached hydrogens (tertiary/aromatic N) is 1. The maximum atomic E-state index is 4.65. The van der Waals surface area contributed by atoms with Crippen molar-refractivity contribution in [2.75, 3.05) is 11.5 Å². The Balaban J connectivity index is 2.35. The monoisotopic (exact) mass is 341 g/mol. The van der Waals surface area contributed by atoms with Crippen molar-refractivity contribution in [1.82, 2.24) is 0 Å². The molecule has 3 heteroatoms. The molecule has 0 heterocycles. The summed E-state index contributed by atoms with van der Waals surface area (Å²) in [6, 6.07) is 18.7. The first kappa shape index (κ1) is 17.9. The highest BCUT2D eigenvalue weighted by molar-refractivity contribution is 8.16. The van der Waals surface area contributed by atoms with E-state index in [9.17, 15) is 0 Å². The predicted octanol–water partition coefficient (Wildman–Crippen LogP) is 6.60. The van der Waals surface area contributed by atoms with Crippen LogP contribution in [-0.2, 0) is 0 Å². The first-order chi connectivity index (χ1) is 11.3. The third-order valence-electron chi connectivity index (χ3n) is 3.38. The fourth-order valence-corrected chi connectivity index (χ4v) is 4.78. The van der Waals surface area contributed by atoms with Crippen molar-refractivity contribution >= 4 is 40.7 Å². The predicted molar refractivity (Wildman–Crippen MR) is 108 cm³/mol. The highest BCUT2D eigenvalue weighted by Gasteiger charge is 2.14. The third kappa shape index (κ3) is 5.31. The van der Waals surface area contributed by atoms with Gasteiger partial charge in [0.1, 0.15) is 0 Å². The van der Waals surface area contributed by atoms with E-state index in [2.05, 4.69) is 62.0 Å². The van der Waals surface area contributed by atoms with Gasteiger partial charge in [0.25, 0.3) is 0 Å². The van der Waals surface area contributed by atoms with E-state index in [0.29, 0.717) is 4.58 Å². The van der Waals surface area contributed by atoms with E-state index < -0.39 is 0 Å². The van der Waals surface area contributed by atoms with Gasteiger partial charge in [0.05, 0.1) is 10.3 Å². The summed E-state index contributed by atoms with van der Waals surface area (Å²) in [5, 5.41) is 0. The van der Waals surface area contributed by atoms with Crippen LogP contribution < -0.4 is 0 Å². The molecule has 2 rings (SSSR count). The van der Waals surface area contributed by atoms with Crippen LogP contribution in [0.3, 0.4) is 0 Å². The number of rotatable bonds is 7. The molecule has 0 aromatic heterocycles. The lowest BCUT2D eigenvalue weighted by Crippen LogP contribution is -1.91. The molecule has 0 saturated carbocycles. The van der Waals surface area contributed by atoms with Crippen molar-refractivity contribution < 1.29 is 0 Å². The van der Waals surface area contributed by atoms with E-state index >= 15 is 0 Å². The van der Waals surface area contributed by atoms with Gasteiger partial charge in [-0.3, -0.25) is 0 Å². The quantitative estimate of drug-likeness (QED) is 0.415. The summed E-state index contributed by atoms with van der Waals surface area (Å²) < 4.78 is 0.434. The number of benzene rings is 2. The number of thioether (sulfide) groups is 2. The lowest BCUT2D eigenvalue weighted by atomic mass is 10.1. The smallest absolute Gasteiger partial charge is 0.0781 e. The first-order valence-electron chi connectivity index (χ1n) is 7.94. The second-order valence-electron chi connectivity index (χ2n) is 5.02. The molecule has 0 aliphatic carbocycles. The average Bonchev–Trinajstić information content (AvgIpc) is 2.60. The van der Waals surface area contributed by atoms with Crippen LogP contribution in [-0.4, -0.2) is 17.4 Å². The second-order valence-corrected chi connectivity index (χ2v) is 8.08. The van der Waals surface area contributed by atoms with Gasteiger partial charge in [-0.1, -0.05) is 62.4 Å². The Kier molecular flexibility index (Phi) is 7.54. The molecule has 0 aliphatic heterocycles. The molecule has 1 nitrogen and oxygen atoms in total. The summed E-state index contributed by atoms with van der Waals surface area (Å²) >= 11 is 3.93. The maximum Gasteiger partial charge on any atom is 0.0781 e. The minimum Gasteiger partial charge on any atom is -0.206 e. The molecular formula is C20H23NS2. The Hall–Kier alpha value is -1.41. The molecule has 2 aromatic carbocycles. The Morgan fingerprint density at radius 2 is 1.57 bits per heavy atom. The van der Waals surface area contributed by atoms with E-state index in [1.807, 2.05) is 47.8 Å². The molecule has 0 saturated heterocycles.